The minimum atomic E-state index is -4.63. The summed E-state index contributed by atoms with van der Waals surface area (Å²) in [6, 6.07) is 2.32. The van der Waals surface area contributed by atoms with Gasteiger partial charge in [-0.15, -0.1) is 11.3 Å². The molecule has 0 unspecified atom stereocenters. The second-order valence-electron chi connectivity index (χ2n) is 5.25. The van der Waals surface area contributed by atoms with Crippen molar-refractivity contribution < 1.29 is 26.0 Å². The zero-order chi connectivity index (χ0) is 19.2. The van der Waals surface area contributed by atoms with E-state index in [0.29, 0.717) is 17.8 Å². The van der Waals surface area contributed by atoms with Crippen LogP contribution in [0.2, 0.25) is 0 Å². The van der Waals surface area contributed by atoms with Gasteiger partial charge in [0.15, 0.2) is 4.90 Å². The SMILES string of the molecule is Cc1csc(-n2nc(C(F)F)cc2-c2cc(F)c(S(N)(=O)=O)c(F)c2)n1. The number of aryl methyl sites for hydroxylation is 1. The van der Waals surface area contributed by atoms with Crippen LogP contribution in [0.5, 0.6) is 0 Å². The highest BCUT2D eigenvalue weighted by Crippen LogP contribution is 2.32. The molecule has 1 aromatic carbocycles. The molecular weight excluding hydrogens is 396 g/mol. The third-order valence-electron chi connectivity index (χ3n) is 3.32. The van der Waals surface area contributed by atoms with Gasteiger partial charge < -0.3 is 0 Å². The van der Waals surface area contributed by atoms with Gasteiger partial charge in [0.1, 0.15) is 17.3 Å². The van der Waals surface area contributed by atoms with Crippen molar-refractivity contribution in [3.05, 3.63) is 46.6 Å². The predicted molar refractivity (Wildman–Crippen MR) is 85.7 cm³/mol. The molecule has 0 aliphatic rings. The minimum absolute atomic E-state index is 0.0755. The second-order valence-corrected chi connectivity index (χ2v) is 7.59. The minimum Gasteiger partial charge on any atom is -0.224 e. The van der Waals surface area contributed by atoms with Crippen LogP contribution in [0.1, 0.15) is 17.8 Å². The zero-order valence-electron chi connectivity index (χ0n) is 13.0. The number of primary sulfonamides is 1. The van der Waals surface area contributed by atoms with Crippen LogP contribution in [0.3, 0.4) is 0 Å². The Balaban J connectivity index is 2.24. The van der Waals surface area contributed by atoms with Crippen LogP contribution in [-0.2, 0) is 10.0 Å². The van der Waals surface area contributed by atoms with E-state index in [1.54, 1.807) is 12.3 Å². The van der Waals surface area contributed by atoms with Gasteiger partial charge in [-0.05, 0) is 25.1 Å². The van der Waals surface area contributed by atoms with Gasteiger partial charge in [-0.1, -0.05) is 0 Å². The normalized spacial score (nSPS) is 12.1. The lowest BCUT2D eigenvalue weighted by molar-refractivity contribution is 0.145. The number of hydrogen-bond acceptors (Lipinski definition) is 5. The fourth-order valence-electron chi connectivity index (χ4n) is 2.28. The van der Waals surface area contributed by atoms with Gasteiger partial charge in [-0.3, -0.25) is 0 Å². The molecule has 26 heavy (non-hydrogen) atoms. The summed E-state index contributed by atoms with van der Waals surface area (Å²) in [7, 11) is -4.63. The van der Waals surface area contributed by atoms with Crippen LogP contribution in [-0.4, -0.2) is 23.2 Å². The molecule has 138 valence electrons. The molecule has 2 heterocycles. The second kappa shape index (κ2) is 6.45. The van der Waals surface area contributed by atoms with Gasteiger partial charge in [-0.2, -0.15) is 5.10 Å². The Kier molecular flexibility index (Phi) is 4.58. The van der Waals surface area contributed by atoms with Gasteiger partial charge in [0.25, 0.3) is 6.43 Å². The first-order valence-corrected chi connectivity index (χ1v) is 9.33. The number of sulfonamides is 1. The first-order valence-electron chi connectivity index (χ1n) is 6.90. The maximum atomic E-state index is 14.1. The van der Waals surface area contributed by atoms with Crippen molar-refractivity contribution in [3.8, 4) is 16.4 Å². The molecule has 0 aliphatic carbocycles. The Morgan fingerprint density at radius 3 is 2.27 bits per heavy atom. The lowest BCUT2D eigenvalue weighted by Crippen LogP contribution is -2.16. The third kappa shape index (κ3) is 3.34. The topological polar surface area (TPSA) is 90.9 Å². The van der Waals surface area contributed by atoms with Crippen molar-refractivity contribution in [2.24, 2.45) is 5.14 Å². The summed E-state index contributed by atoms with van der Waals surface area (Å²) in [5.41, 5.74) is -0.288. The van der Waals surface area contributed by atoms with E-state index in [9.17, 15) is 26.0 Å². The largest absolute Gasteiger partial charge is 0.282 e. The van der Waals surface area contributed by atoms with E-state index in [4.69, 9.17) is 5.14 Å². The van der Waals surface area contributed by atoms with E-state index in [1.165, 1.54) is 0 Å². The first kappa shape index (κ1) is 18.5. The summed E-state index contributed by atoms with van der Waals surface area (Å²) in [4.78, 5) is 2.81. The summed E-state index contributed by atoms with van der Waals surface area (Å²) < 4.78 is 77.9. The average Bonchev–Trinajstić information content (AvgIpc) is 3.10. The van der Waals surface area contributed by atoms with E-state index in [0.717, 1.165) is 22.1 Å². The molecule has 2 aromatic heterocycles. The number of alkyl halides is 2. The Morgan fingerprint density at radius 1 is 1.19 bits per heavy atom. The fraction of sp³-hybridized carbons (Fsp3) is 0.143. The van der Waals surface area contributed by atoms with E-state index in [-0.39, 0.29) is 16.4 Å². The molecule has 6 nitrogen and oxygen atoms in total. The molecule has 2 N–H and O–H groups in total. The molecular formula is C14H10F4N4O2S2. The molecule has 0 saturated carbocycles. The maximum Gasteiger partial charge on any atom is 0.282 e. The molecule has 0 fully saturated rings. The number of nitrogens with two attached hydrogens (primary N) is 1. The van der Waals surface area contributed by atoms with Crippen molar-refractivity contribution in [1.29, 1.82) is 0 Å². The quantitative estimate of drug-likeness (QED) is 0.674. The summed E-state index contributed by atoms with van der Waals surface area (Å²) in [6.07, 6.45) is -2.92. The number of thiazole rings is 1. The van der Waals surface area contributed by atoms with Crippen LogP contribution >= 0.6 is 11.3 Å². The van der Waals surface area contributed by atoms with Gasteiger partial charge in [-0.25, -0.2) is 40.8 Å². The predicted octanol–water partition coefficient (Wildman–Crippen LogP) is 3.17. The standard InChI is InChI=1S/C14H10F4N4O2S2/c1-6-5-25-14(20-6)22-11(4-10(21-22)13(17)18)7-2-8(15)12(9(16)3-7)26(19,23)24/h2-5,13H,1H3,(H2,19,23,24). The van der Waals surface area contributed by atoms with Gasteiger partial charge in [0.2, 0.25) is 15.2 Å². The Morgan fingerprint density at radius 2 is 1.81 bits per heavy atom. The molecule has 0 atom stereocenters. The third-order valence-corrected chi connectivity index (χ3v) is 5.21. The molecule has 0 aliphatic heterocycles. The summed E-state index contributed by atoms with van der Waals surface area (Å²) in [5, 5.41) is 10.4. The molecule has 0 amide bonds. The van der Waals surface area contributed by atoms with E-state index in [1.807, 2.05) is 0 Å². The van der Waals surface area contributed by atoms with Gasteiger partial charge in [0.05, 0.1) is 11.4 Å². The van der Waals surface area contributed by atoms with Crippen LogP contribution in [0.4, 0.5) is 17.6 Å². The maximum absolute atomic E-state index is 14.1. The summed E-state index contributed by atoms with van der Waals surface area (Å²) in [5.74, 6) is -2.88. The monoisotopic (exact) mass is 406 g/mol. The molecule has 0 bridgehead atoms. The van der Waals surface area contributed by atoms with Crippen molar-refractivity contribution in [2.45, 2.75) is 18.2 Å². The Labute approximate surface area is 149 Å². The number of aromatic nitrogens is 3. The smallest absolute Gasteiger partial charge is 0.224 e. The highest BCUT2D eigenvalue weighted by Gasteiger charge is 2.25. The van der Waals surface area contributed by atoms with E-state index < -0.39 is 38.7 Å². The number of nitrogens with zero attached hydrogens (tertiary/aromatic N) is 3. The molecule has 3 aromatic rings. The molecule has 0 radical (unpaired) electrons. The Hall–Kier alpha value is -2.31. The van der Waals surface area contributed by atoms with E-state index >= 15 is 0 Å². The molecule has 3 rings (SSSR count). The molecule has 0 saturated heterocycles. The fourth-order valence-corrected chi connectivity index (χ4v) is 3.70. The van der Waals surface area contributed by atoms with Crippen molar-refractivity contribution >= 4 is 21.4 Å². The van der Waals surface area contributed by atoms with Crippen LogP contribution in [0.25, 0.3) is 16.4 Å². The molecule has 0 spiro atoms. The highest BCUT2D eigenvalue weighted by molar-refractivity contribution is 7.89. The number of benzene rings is 1. The average molecular weight is 406 g/mol. The number of hydrogen-bond donors (Lipinski definition) is 1. The van der Waals surface area contributed by atoms with E-state index in [2.05, 4.69) is 10.1 Å². The van der Waals surface area contributed by atoms with Crippen LogP contribution in [0.15, 0.2) is 28.5 Å². The van der Waals surface area contributed by atoms with Crippen LogP contribution < -0.4 is 5.14 Å². The van der Waals surface area contributed by atoms with Gasteiger partial charge >= 0.3 is 0 Å². The van der Waals surface area contributed by atoms with Crippen molar-refractivity contribution in [2.75, 3.05) is 0 Å². The Bertz CT molecular complexity index is 1070. The zero-order valence-corrected chi connectivity index (χ0v) is 14.6. The van der Waals surface area contributed by atoms with Crippen molar-refractivity contribution in [3.63, 3.8) is 0 Å². The summed E-state index contributed by atoms with van der Waals surface area (Å²) in [6.45, 7) is 1.68. The van der Waals surface area contributed by atoms with Gasteiger partial charge in [0, 0.05) is 10.9 Å². The van der Waals surface area contributed by atoms with Crippen molar-refractivity contribution in [1.82, 2.24) is 14.8 Å². The lowest BCUT2D eigenvalue weighted by atomic mass is 10.1. The summed E-state index contributed by atoms with van der Waals surface area (Å²) >= 11 is 1.09. The number of rotatable bonds is 4. The molecule has 12 heteroatoms. The first-order chi connectivity index (χ1) is 12.1. The highest BCUT2D eigenvalue weighted by atomic mass is 32.2. The van der Waals surface area contributed by atoms with Crippen LogP contribution in [0, 0.1) is 18.6 Å². The number of halogens is 4. The lowest BCUT2D eigenvalue weighted by Gasteiger charge is -2.08.